The molecule has 0 heterocycles. The average molecular weight is 305 g/mol. The number of carboxylic acids is 1. The normalized spacial score (nSPS) is 13.0. The number of aliphatic carboxylic acids is 1. The summed E-state index contributed by atoms with van der Waals surface area (Å²) in [6, 6.07) is 1.58. The van der Waals surface area contributed by atoms with Crippen LogP contribution < -0.4 is 10.5 Å². The molecule has 1 aromatic rings. The van der Waals surface area contributed by atoms with Crippen molar-refractivity contribution in [1.29, 1.82) is 0 Å². The number of hydrogen-bond donors (Lipinski definition) is 2. The Morgan fingerprint density at radius 2 is 2.10 bits per heavy atom. The van der Waals surface area contributed by atoms with Crippen LogP contribution in [0.5, 0.6) is 5.75 Å². The molecule has 8 heteroatoms. The predicted molar refractivity (Wildman–Crippen MR) is 69.9 cm³/mol. The first-order valence-electron chi connectivity index (χ1n) is 5.71. The van der Waals surface area contributed by atoms with Gasteiger partial charge < -0.3 is 15.6 Å². The van der Waals surface area contributed by atoms with E-state index in [2.05, 4.69) is 0 Å². The zero-order valence-corrected chi connectivity index (χ0v) is 11.9. The van der Waals surface area contributed by atoms with Gasteiger partial charge in [-0.15, -0.1) is 0 Å². The van der Waals surface area contributed by atoms with Gasteiger partial charge in [0.1, 0.15) is 16.5 Å². The van der Waals surface area contributed by atoms with Crippen LogP contribution >= 0.6 is 0 Å². The summed E-state index contributed by atoms with van der Waals surface area (Å²) in [5, 5.41) is 8.58. The third-order valence-electron chi connectivity index (χ3n) is 2.72. The van der Waals surface area contributed by atoms with Gasteiger partial charge in [0.05, 0.1) is 7.11 Å². The van der Waals surface area contributed by atoms with Gasteiger partial charge in [-0.05, 0) is 24.1 Å². The summed E-state index contributed by atoms with van der Waals surface area (Å²) in [5.74, 6) is -2.12. The third kappa shape index (κ3) is 3.91. The monoisotopic (exact) mass is 305 g/mol. The maximum Gasteiger partial charge on any atom is 0.303 e. The Morgan fingerprint density at radius 1 is 1.50 bits per heavy atom. The second-order valence-corrected chi connectivity index (χ2v) is 6.30. The van der Waals surface area contributed by atoms with E-state index in [9.17, 15) is 17.6 Å². The van der Waals surface area contributed by atoms with E-state index in [0.717, 1.165) is 12.3 Å². The molecule has 1 atom stereocenters. The first kappa shape index (κ1) is 16.4. The Labute approximate surface area is 116 Å². The number of ether oxygens (including phenoxy) is 1. The molecule has 0 saturated heterocycles. The van der Waals surface area contributed by atoms with Crippen molar-refractivity contribution in [2.75, 3.05) is 13.4 Å². The van der Waals surface area contributed by atoms with E-state index in [0.29, 0.717) is 0 Å². The number of nitrogens with two attached hydrogens (primary N) is 1. The van der Waals surface area contributed by atoms with E-state index >= 15 is 0 Å². The second kappa shape index (κ2) is 6.19. The largest absolute Gasteiger partial charge is 0.495 e. The summed E-state index contributed by atoms with van der Waals surface area (Å²) in [6.45, 7) is 0. The van der Waals surface area contributed by atoms with Crippen molar-refractivity contribution < 1.29 is 27.4 Å². The lowest BCUT2D eigenvalue weighted by Crippen LogP contribution is -2.14. The van der Waals surface area contributed by atoms with Crippen LogP contribution in [0.25, 0.3) is 0 Å². The lowest BCUT2D eigenvalue weighted by molar-refractivity contribution is -0.137. The van der Waals surface area contributed by atoms with Gasteiger partial charge in [-0.25, -0.2) is 12.8 Å². The summed E-state index contributed by atoms with van der Waals surface area (Å²) < 4.78 is 41.8. The standard InChI is InChI=1S/C12H16FNO5S/c1-19-10-6-7(9(14)3-4-11(15)16)5-8(13)12(10)20(2,17)18/h5-6,9H,3-4,14H2,1-2H3,(H,15,16). The van der Waals surface area contributed by atoms with Crippen LogP contribution in [0.3, 0.4) is 0 Å². The van der Waals surface area contributed by atoms with Crippen molar-refractivity contribution in [3.63, 3.8) is 0 Å². The van der Waals surface area contributed by atoms with Crippen LogP contribution in [0.4, 0.5) is 4.39 Å². The van der Waals surface area contributed by atoms with Crippen molar-refractivity contribution in [2.24, 2.45) is 5.73 Å². The number of methoxy groups -OCH3 is 1. The molecule has 0 amide bonds. The Balaban J connectivity index is 3.20. The maximum atomic E-state index is 13.9. The van der Waals surface area contributed by atoms with Crippen LogP contribution in [0, 0.1) is 5.82 Å². The van der Waals surface area contributed by atoms with E-state index in [1.54, 1.807) is 0 Å². The van der Waals surface area contributed by atoms with Gasteiger partial charge in [0.15, 0.2) is 9.84 Å². The molecule has 1 unspecified atom stereocenters. The van der Waals surface area contributed by atoms with Gasteiger partial charge in [-0.3, -0.25) is 4.79 Å². The van der Waals surface area contributed by atoms with E-state index in [1.165, 1.54) is 13.2 Å². The van der Waals surface area contributed by atoms with E-state index in [1.807, 2.05) is 0 Å². The molecule has 0 spiro atoms. The fourth-order valence-corrected chi connectivity index (χ4v) is 2.68. The smallest absolute Gasteiger partial charge is 0.303 e. The van der Waals surface area contributed by atoms with Gasteiger partial charge in [0.2, 0.25) is 0 Å². The Bertz CT molecular complexity index is 615. The Kier molecular flexibility index (Phi) is 5.07. The molecule has 1 aromatic carbocycles. The van der Waals surface area contributed by atoms with E-state index in [-0.39, 0.29) is 24.2 Å². The minimum atomic E-state index is -3.78. The highest BCUT2D eigenvalue weighted by atomic mass is 32.2. The van der Waals surface area contributed by atoms with E-state index < -0.39 is 32.6 Å². The molecule has 0 fully saturated rings. The lowest BCUT2D eigenvalue weighted by atomic mass is 10.0. The van der Waals surface area contributed by atoms with Gasteiger partial charge in [0.25, 0.3) is 0 Å². The number of halogens is 1. The summed E-state index contributed by atoms with van der Waals surface area (Å²) in [7, 11) is -2.56. The zero-order valence-electron chi connectivity index (χ0n) is 11.1. The summed E-state index contributed by atoms with van der Waals surface area (Å²) in [6.07, 6.45) is 0.813. The minimum absolute atomic E-state index is 0.107. The van der Waals surface area contributed by atoms with Crippen molar-refractivity contribution in [3.8, 4) is 5.75 Å². The highest BCUT2D eigenvalue weighted by Crippen LogP contribution is 2.31. The predicted octanol–water partition coefficient (Wildman–Crippen LogP) is 1.10. The van der Waals surface area contributed by atoms with Crippen molar-refractivity contribution >= 4 is 15.8 Å². The fraction of sp³-hybridized carbons (Fsp3) is 0.417. The highest BCUT2D eigenvalue weighted by Gasteiger charge is 2.22. The fourth-order valence-electron chi connectivity index (χ4n) is 1.76. The highest BCUT2D eigenvalue weighted by molar-refractivity contribution is 7.90. The van der Waals surface area contributed by atoms with Crippen LogP contribution in [0.15, 0.2) is 17.0 Å². The molecule has 0 aromatic heterocycles. The molecule has 6 nitrogen and oxygen atoms in total. The minimum Gasteiger partial charge on any atom is -0.495 e. The number of hydrogen-bond acceptors (Lipinski definition) is 5. The number of carbonyl (C=O) groups is 1. The molecular weight excluding hydrogens is 289 g/mol. The number of rotatable bonds is 6. The SMILES string of the molecule is COc1cc(C(N)CCC(=O)O)cc(F)c1S(C)(=O)=O. The van der Waals surface area contributed by atoms with Gasteiger partial charge in [0, 0.05) is 18.7 Å². The molecule has 112 valence electrons. The lowest BCUT2D eigenvalue weighted by Gasteiger charge is -2.15. The summed E-state index contributed by atoms with van der Waals surface area (Å²) in [5.41, 5.74) is 6.05. The van der Waals surface area contributed by atoms with Crippen molar-refractivity contribution in [3.05, 3.63) is 23.5 Å². The molecule has 0 radical (unpaired) electrons. The van der Waals surface area contributed by atoms with Gasteiger partial charge in [-0.1, -0.05) is 0 Å². The quantitative estimate of drug-likeness (QED) is 0.815. The van der Waals surface area contributed by atoms with Crippen LogP contribution in [0.2, 0.25) is 0 Å². The molecule has 20 heavy (non-hydrogen) atoms. The first-order valence-corrected chi connectivity index (χ1v) is 7.60. The number of benzene rings is 1. The second-order valence-electron chi connectivity index (χ2n) is 4.35. The molecule has 0 aliphatic carbocycles. The summed E-state index contributed by atoms with van der Waals surface area (Å²) >= 11 is 0. The Morgan fingerprint density at radius 3 is 2.55 bits per heavy atom. The topological polar surface area (TPSA) is 107 Å². The maximum absolute atomic E-state index is 13.9. The molecule has 0 aliphatic heterocycles. The Hall–Kier alpha value is -1.67. The molecular formula is C12H16FNO5S. The summed E-state index contributed by atoms with van der Waals surface area (Å²) in [4.78, 5) is 9.94. The van der Waals surface area contributed by atoms with E-state index in [4.69, 9.17) is 15.6 Å². The molecule has 0 aliphatic rings. The van der Waals surface area contributed by atoms with Gasteiger partial charge >= 0.3 is 5.97 Å². The van der Waals surface area contributed by atoms with Crippen molar-refractivity contribution in [1.82, 2.24) is 0 Å². The molecule has 3 N–H and O–H groups in total. The molecule has 0 bridgehead atoms. The average Bonchev–Trinajstić information content (AvgIpc) is 2.32. The third-order valence-corrected chi connectivity index (χ3v) is 3.86. The van der Waals surface area contributed by atoms with Crippen LogP contribution in [-0.2, 0) is 14.6 Å². The van der Waals surface area contributed by atoms with Crippen molar-refractivity contribution in [2.45, 2.75) is 23.8 Å². The van der Waals surface area contributed by atoms with Crippen LogP contribution in [-0.4, -0.2) is 32.9 Å². The number of sulfone groups is 1. The molecule has 0 saturated carbocycles. The molecule has 1 rings (SSSR count). The first-order chi connectivity index (χ1) is 9.16. The van der Waals surface area contributed by atoms with Gasteiger partial charge in [-0.2, -0.15) is 0 Å². The number of carboxylic acid groups (broad SMARTS) is 1. The zero-order chi connectivity index (χ0) is 15.5. The van der Waals surface area contributed by atoms with Crippen LogP contribution in [0.1, 0.15) is 24.4 Å².